The maximum atomic E-state index is 4.97. The molecule has 2 rings (SSSR count). The molecular weight excluding hydrogens is 104 g/mol. The number of hydrogen-bond donors (Lipinski definition) is 0. The van der Waals surface area contributed by atoms with Crippen molar-refractivity contribution in [3.63, 3.8) is 0 Å². The van der Waals surface area contributed by atoms with Crippen LogP contribution < -0.4 is 4.90 Å². The van der Waals surface area contributed by atoms with Crippen molar-refractivity contribution in [3.8, 4) is 0 Å². The molecule has 8 heavy (non-hydrogen) atoms. The van der Waals surface area contributed by atoms with Crippen molar-refractivity contribution in [2.75, 3.05) is 18.0 Å². The second-order valence-corrected chi connectivity index (χ2v) is 1.80. The molecule has 0 radical (unpaired) electrons. The minimum absolute atomic E-state index is 0.755. The molecule has 1 saturated heterocycles. The Morgan fingerprint density at radius 3 is 3.00 bits per heavy atom. The Morgan fingerprint density at radius 1 is 1.62 bits per heavy atom. The van der Waals surface area contributed by atoms with Gasteiger partial charge in [-0.3, -0.25) is 0 Å². The van der Waals surface area contributed by atoms with Gasteiger partial charge in [0.2, 0.25) is 0 Å². The molecule has 0 spiro atoms. The van der Waals surface area contributed by atoms with E-state index in [2.05, 4.69) is 9.88 Å². The predicted octanol–water partition coefficient (Wildman–Crippen LogP) is 0.495. The fourth-order valence-electron chi connectivity index (χ4n) is 0.613. The first-order valence-electron chi connectivity index (χ1n) is 2.61. The van der Waals surface area contributed by atoms with Crippen LogP contribution >= 0.6 is 0 Å². The summed E-state index contributed by atoms with van der Waals surface area (Å²) < 4.78 is 4.97. The minimum Gasteiger partial charge on any atom is -0.432 e. The van der Waals surface area contributed by atoms with E-state index in [-0.39, 0.29) is 0 Å². The average Bonchev–Trinajstić information content (AvgIpc) is 2.49. The van der Waals surface area contributed by atoms with Gasteiger partial charge in [0.05, 0.1) is 6.20 Å². The molecule has 1 aromatic heterocycles. The second kappa shape index (κ2) is 1.24. The number of nitrogens with zero attached hydrogens (tertiary/aromatic N) is 2. The zero-order valence-electron chi connectivity index (χ0n) is 4.37. The van der Waals surface area contributed by atoms with Gasteiger partial charge >= 0.3 is 0 Å². The molecule has 1 fully saturated rings. The van der Waals surface area contributed by atoms with E-state index in [1.54, 1.807) is 12.5 Å². The maximum absolute atomic E-state index is 4.97. The third-order valence-electron chi connectivity index (χ3n) is 1.14. The van der Waals surface area contributed by atoms with Crippen LogP contribution in [0.2, 0.25) is 0 Å². The molecule has 0 aromatic carbocycles. The van der Waals surface area contributed by atoms with Gasteiger partial charge < -0.3 is 9.32 Å². The first-order valence-corrected chi connectivity index (χ1v) is 2.61. The summed E-state index contributed by atoms with van der Waals surface area (Å²) in [7, 11) is 0. The summed E-state index contributed by atoms with van der Waals surface area (Å²) in [5, 5.41) is 0. The van der Waals surface area contributed by atoms with Gasteiger partial charge in [0.15, 0.2) is 0 Å². The molecule has 2 heterocycles. The Hall–Kier alpha value is -0.990. The van der Waals surface area contributed by atoms with Gasteiger partial charge in [-0.1, -0.05) is 0 Å². The van der Waals surface area contributed by atoms with Crippen LogP contribution in [0.1, 0.15) is 0 Å². The topological polar surface area (TPSA) is 29.0 Å². The van der Waals surface area contributed by atoms with E-state index in [9.17, 15) is 0 Å². The third-order valence-corrected chi connectivity index (χ3v) is 1.14. The third kappa shape index (κ3) is 0.476. The van der Waals surface area contributed by atoms with Gasteiger partial charge in [0.1, 0.15) is 6.26 Å². The van der Waals surface area contributed by atoms with Crippen molar-refractivity contribution in [2.45, 2.75) is 0 Å². The number of rotatable bonds is 1. The zero-order valence-corrected chi connectivity index (χ0v) is 4.37. The van der Waals surface area contributed by atoms with Crippen LogP contribution in [0.3, 0.4) is 0 Å². The highest BCUT2D eigenvalue weighted by atomic mass is 16.4. The molecule has 3 heteroatoms. The second-order valence-electron chi connectivity index (χ2n) is 1.80. The molecule has 42 valence electrons. The Bertz CT molecular complexity index is 167. The minimum atomic E-state index is 0.755. The molecule has 3 nitrogen and oxygen atoms in total. The Morgan fingerprint density at radius 2 is 2.50 bits per heavy atom. The van der Waals surface area contributed by atoms with E-state index in [1.807, 2.05) is 0 Å². The summed E-state index contributed by atoms with van der Waals surface area (Å²) in [5.41, 5.74) is 0. The van der Waals surface area contributed by atoms with Crippen molar-refractivity contribution in [3.05, 3.63) is 12.5 Å². The Labute approximate surface area is 46.9 Å². The van der Waals surface area contributed by atoms with Crippen molar-refractivity contribution in [2.24, 2.45) is 0 Å². The van der Waals surface area contributed by atoms with Gasteiger partial charge in [0, 0.05) is 13.1 Å². The smallest absolute Gasteiger partial charge is 0.297 e. The van der Waals surface area contributed by atoms with Gasteiger partial charge in [-0.2, -0.15) is 0 Å². The first kappa shape index (κ1) is 3.95. The van der Waals surface area contributed by atoms with Gasteiger partial charge in [-0.05, 0) is 0 Å². The van der Waals surface area contributed by atoms with Gasteiger partial charge in [-0.25, -0.2) is 4.98 Å². The summed E-state index contributed by atoms with van der Waals surface area (Å²) in [6.45, 7) is 2.20. The summed E-state index contributed by atoms with van der Waals surface area (Å²) in [6, 6.07) is 0.755. The molecule has 0 unspecified atom stereocenters. The molecular formula is C5H6N2O. The summed E-state index contributed by atoms with van der Waals surface area (Å²) in [5.74, 6) is 0. The van der Waals surface area contributed by atoms with E-state index in [0.717, 1.165) is 19.1 Å². The van der Waals surface area contributed by atoms with Crippen LogP contribution in [0.25, 0.3) is 0 Å². The van der Waals surface area contributed by atoms with Crippen LogP contribution in [0, 0.1) is 0 Å². The first-order chi connectivity index (χ1) is 3.97. The number of anilines is 1. The van der Waals surface area contributed by atoms with E-state index in [0.29, 0.717) is 0 Å². The highest BCUT2D eigenvalue weighted by Gasteiger charge is 2.21. The molecule has 1 aromatic rings. The molecule has 0 amide bonds. The van der Waals surface area contributed by atoms with Gasteiger partial charge in [0.25, 0.3) is 6.01 Å². The lowest BCUT2D eigenvalue weighted by Gasteiger charge is -1.88. The molecule has 0 atom stereocenters. The number of oxazole rings is 1. The van der Waals surface area contributed by atoms with E-state index in [4.69, 9.17) is 4.42 Å². The van der Waals surface area contributed by atoms with Crippen molar-refractivity contribution in [1.82, 2.24) is 4.98 Å². The number of aromatic nitrogens is 1. The molecule has 1 aliphatic rings. The normalized spacial score (nSPS) is 16.8. The van der Waals surface area contributed by atoms with Crippen LogP contribution in [0.4, 0.5) is 6.01 Å². The van der Waals surface area contributed by atoms with Crippen molar-refractivity contribution in [1.29, 1.82) is 0 Å². The van der Waals surface area contributed by atoms with E-state index < -0.39 is 0 Å². The Balaban J connectivity index is 2.28. The average molecular weight is 110 g/mol. The summed E-state index contributed by atoms with van der Waals surface area (Å²) >= 11 is 0. The van der Waals surface area contributed by atoms with Gasteiger partial charge in [-0.15, -0.1) is 0 Å². The SMILES string of the molecule is c1coc(N2CC2)n1. The number of hydrogen-bond acceptors (Lipinski definition) is 3. The molecule has 0 saturated carbocycles. The fraction of sp³-hybridized carbons (Fsp3) is 0.400. The highest BCUT2D eigenvalue weighted by molar-refractivity contribution is 5.33. The molecule has 0 aliphatic carbocycles. The van der Waals surface area contributed by atoms with E-state index >= 15 is 0 Å². The van der Waals surface area contributed by atoms with E-state index in [1.165, 1.54) is 0 Å². The van der Waals surface area contributed by atoms with Crippen molar-refractivity contribution >= 4 is 6.01 Å². The van der Waals surface area contributed by atoms with Crippen LogP contribution in [0.15, 0.2) is 16.9 Å². The largest absolute Gasteiger partial charge is 0.432 e. The summed E-state index contributed by atoms with van der Waals surface area (Å²) in [4.78, 5) is 5.99. The summed E-state index contributed by atoms with van der Waals surface area (Å²) in [6.07, 6.45) is 3.25. The standard InChI is InChI=1S/C5H6N2O/c1-4-8-5(6-1)7-2-3-7/h1,4H,2-3H2. The molecule has 1 aliphatic heterocycles. The highest BCUT2D eigenvalue weighted by Crippen LogP contribution is 2.16. The zero-order chi connectivity index (χ0) is 5.40. The predicted molar refractivity (Wildman–Crippen MR) is 28.7 cm³/mol. The monoisotopic (exact) mass is 110 g/mol. The van der Waals surface area contributed by atoms with Crippen LogP contribution in [-0.2, 0) is 0 Å². The molecule has 0 bridgehead atoms. The lowest BCUT2D eigenvalue weighted by molar-refractivity contribution is 0.567. The fourth-order valence-corrected chi connectivity index (χ4v) is 0.613. The lowest BCUT2D eigenvalue weighted by Crippen LogP contribution is -1.88. The van der Waals surface area contributed by atoms with Crippen LogP contribution in [0.5, 0.6) is 0 Å². The quantitative estimate of drug-likeness (QED) is 0.493. The van der Waals surface area contributed by atoms with Crippen molar-refractivity contribution < 1.29 is 4.42 Å². The maximum Gasteiger partial charge on any atom is 0.297 e. The van der Waals surface area contributed by atoms with Crippen LogP contribution in [-0.4, -0.2) is 18.1 Å². The lowest BCUT2D eigenvalue weighted by atomic mass is 11.0. The molecule has 0 N–H and O–H groups in total. The Kier molecular flexibility index (Phi) is 0.614.